The van der Waals surface area contributed by atoms with Gasteiger partial charge in [-0.05, 0) is 55.3 Å². The number of allylic oxidation sites excluding steroid dienone is 1. The third-order valence-electron chi connectivity index (χ3n) is 6.23. The van der Waals surface area contributed by atoms with Gasteiger partial charge in [-0.2, -0.15) is 0 Å². The molecule has 198 valence electrons. The van der Waals surface area contributed by atoms with E-state index in [-0.39, 0.29) is 23.3 Å². The average Bonchev–Trinajstić information content (AvgIpc) is 3.52. The van der Waals surface area contributed by atoms with E-state index in [2.05, 4.69) is 4.99 Å². The van der Waals surface area contributed by atoms with E-state index in [1.807, 2.05) is 0 Å². The molecule has 0 N–H and O–H groups in total. The van der Waals surface area contributed by atoms with E-state index < -0.39 is 18.0 Å². The summed E-state index contributed by atoms with van der Waals surface area (Å²) in [6.07, 6.45) is 1.60. The van der Waals surface area contributed by atoms with Crippen molar-refractivity contribution in [3.05, 3.63) is 109 Å². The fourth-order valence-corrected chi connectivity index (χ4v) is 5.43. The number of carbonyl (C=O) groups excluding carboxylic acids is 2. The minimum atomic E-state index is -1.28. The maximum Gasteiger partial charge on any atom is 0.338 e. The lowest BCUT2D eigenvalue weighted by Crippen LogP contribution is -2.39. The van der Waals surface area contributed by atoms with Crippen LogP contribution in [0.3, 0.4) is 0 Å². The highest BCUT2D eigenvalue weighted by Crippen LogP contribution is 2.31. The third-order valence-corrected chi connectivity index (χ3v) is 7.21. The van der Waals surface area contributed by atoms with Gasteiger partial charge in [-0.15, -0.1) is 0 Å². The molecule has 2 aromatic heterocycles. The van der Waals surface area contributed by atoms with Crippen molar-refractivity contribution in [1.82, 2.24) is 4.57 Å². The van der Waals surface area contributed by atoms with E-state index in [9.17, 15) is 19.5 Å². The quantitative estimate of drug-likeness (QED) is 0.328. The smallest absolute Gasteiger partial charge is 0.338 e. The fourth-order valence-electron chi connectivity index (χ4n) is 4.41. The zero-order valence-corrected chi connectivity index (χ0v) is 22.1. The normalized spacial score (nSPS) is 15.1. The van der Waals surface area contributed by atoms with Crippen molar-refractivity contribution in [3.8, 4) is 17.1 Å². The summed E-state index contributed by atoms with van der Waals surface area (Å²) in [5, 5.41) is 11.2. The molecule has 1 aliphatic rings. The van der Waals surface area contributed by atoms with Gasteiger partial charge in [0.1, 0.15) is 17.3 Å². The Balaban J connectivity index is 1.61. The van der Waals surface area contributed by atoms with Crippen molar-refractivity contribution in [1.29, 1.82) is 0 Å². The zero-order chi connectivity index (χ0) is 27.7. The summed E-state index contributed by atoms with van der Waals surface area (Å²) in [5.41, 5.74) is 1.71. The van der Waals surface area contributed by atoms with Crippen LogP contribution in [0.5, 0.6) is 5.75 Å². The first kappa shape index (κ1) is 25.9. The third kappa shape index (κ3) is 4.94. The molecular formula is C29H23N2O7S-. The maximum atomic E-state index is 13.7. The molecule has 0 unspecified atom stereocenters. The Bertz CT molecular complexity index is 1790. The summed E-state index contributed by atoms with van der Waals surface area (Å²) < 4.78 is 18.3. The summed E-state index contributed by atoms with van der Waals surface area (Å²) in [6.45, 7) is 3.62. The van der Waals surface area contributed by atoms with Crippen LogP contribution >= 0.6 is 11.3 Å². The van der Waals surface area contributed by atoms with E-state index in [0.29, 0.717) is 43.4 Å². The van der Waals surface area contributed by atoms with Gasteiger partial charge in [-0.25, -0.2) is 9.79 Å². The molecule has 5 rings (SSSR count). The number of thiazole rings is 1. The molecule has 0 aliphatic carbocycles. The number of hydrogen-bond donors (Lipinski definition) is 0. The number of furan rings is 1. The van der Waals surface area contributed by atoms with Crippen molar-refractivity contribution in [3.63, 3.8) is 0 Å². The van der Waals surface area contributed by atoms with Crippen molar-refractivity contribution in [2.24, 2.45) is 4.99 Å². The molecule has 0 saturated heterocycles. The number of methoxy groups -OCH3 is 1. The second-order valence-corrected chi connectivity index (χ2v) is 9.65. The highest BCUT2D eigenvalue weighted by molar-refractivity contribution is 7.07. The Labute approximate surface area is 226 Å². The second kappa shape index (κ2) is 10.6. The van der Waals surface area contributed by atoms with Gasteiger partial charge in [0.25, 0.3) is 5.56 Å². The highest BCUT2D eigenvalue weighted by atomic mass is 32.1. The number of aromatic carboxylic acids is 1. The Kier molecular flexibility index (Phi) is 7.03. The van der Waals surface area contributed by atoms with Gasteiger partial charge in [0.05, 0.1) is 41.5 Å². The summed E-state index contributed by atoms with van der Waals surface area (Å²) in [7, 11) is 1.56. The summed E-state index contributed by atoms with van der Waals surface area (Å²) in [6, 6.07) is 16.0. The van der Waals surface area contributed by atoms with Crippen LogP contribution in [0.25, 0.3) is 17.4 Å². The fraction of sp³-hybridized carbons (Fsp3) is 0.172. The number of benzene rings is 2. The molecule has 2 aromatic carbocycles. The Hall–Kier alpha value is -4.70. The Morgan fingerprint density at radius 3 is 2.62 bits per heavy atom. The highest BCUT2D eigenvalue weighted by Gasteiger charge is 2.33. The van der Waals surface area contributed by atoms with Gasteiger partial charge in [0, 0.05) is 11.6 Å². The Morgan fingerprint density at radius 2 is 1.92 bits per heavy atom. The van der Waals surface area contributed by atoms with Crippen LogP contribution in [-0.4, -0.2) is 30.2 Å². The van der Waals surface area contributed by atoms with Crippen LogP contribution in [0.2, 0.25) is 0 Å². The molecule has 9 nitrogen and oxygen atoms in total. The maximum absolute atomic E-state index is 13.7. The number of carboxylic acids is 1. The van der Waals surface area contributed by atoms with E-state index in [0.717, 1.165) is 0 Å². The van der Waals surface area contributed by atoms with Crippen molar-refractivity contribution >= 4 is 29.4 Å². The second-order valence-electron chi connectivity index (χ2n) is 8.65. The van der Waals surface area contributed by atoms with E-state index >= 15 is 0 Å². The lowest BCUT2D eigenvalue weighted by Gasteiger charge is -2.24. The van der Waals surface area contributed by atoms with Gasteiger partial charge in [-0.1, -0.05) is 41.7 Å². The van der Waals surface area contributed by atoms with Gasteiger partial charge in [0.2, 0.25) is 0 Å². The van der Waals surface area contributed by atoms with Crippen LogP contribution in [0.15, 0.2) is 86.1 Å². The number of rotatable bonds is 7. The molecule has 0 bridgehead atoms. The number of ether oxygens (including phenoxy) is 2. The summed E-state index contributed by atoms with van der Waals surface area (Å²) in [4.78, 5) is 42.9. The van der Waals surface area contributed by atoms with E-state index in [1.165, 1.54) is 28.0 Å². The van der Waals surface area contributed by atoms with Crippen LogP contribution in [0.1, 0.15) is 41.6 Å². The Morgan fingerprint density at radius 1 is 1.15 bits per heavy atom. The molecule has 4 aromatic rings. The zero-order valence-electron chi connectivity index (χ0n) is 21.3. The number of aromatic nitrogens is 1. The molecule has 0 spiro atoms. The largest absolute Gasteiger partial charge is 0.545 e. The summed E-state index contributed by atoms with van der Waals surface area (Å²) in [5.74, 6) is -0.342. The lowest BCUT2D eigenvalue weighted by atomic mass is 9.96. The molecular weight excluding hydrogens is 520 g/mol. The van der Waals surface area contributed by atoms with Gasteiger partial charge < -0.3 is 23.8 Å². The van der Waals surface area contributed by atoms with Gasteiger partial charge in [-0.3, -0.25) is 9.36 Å². The molecule has 3 heterocycles. The number of esters is 1. The predicted molar refractivity (Wildman–Crippen MR) is 142 cm³/mol. The van der Waals surface area contributed by atoms with Crippen molar-refractivity contribution in [2.75, 3.05) is 13.7 Å². The van der Waals surface area contributed by atoms with E-state index in [4.69, 9.17) is 13.9 Å². The minimum Gasteiger partial charge on any atom is -0.545 e. The molecule has 0 saturated carbocycles. The van der Waals surface area contributed by atoms with E-state index in [1.54, 1.807) is 75.6 Å². The topological polar surface area (TPSA) is 123 Å². The molecule has 10 heteroatoms. The first-order valence-corrected chi connectivity index (χ1v) is 12.9. The van der Waals surface area contributed by atoms with Crippen molar-refractivity contribution < 1.29 is 28.6 Å². The van der Waals surface area contributed by atoms with Gasteiger partial charge >= 0.3 is 5.97 Å². The molecule has 1 atom stereocenters. The number of carbonyl (C=O) groups is 2. The number of carboxylic acid groups (broad SMARTS) is 1. The van der Waals surface area contributed by atoms with Crippen molar-refractivity contribution in [2.45, 2.75) is 19.9 Å². The molecule has 0 radical (unpaired) electrons. The molecule has 39 heavy (non-hydrogen) atoms. The van der Waals surface area contributed by atoms with Crippen LogP contribution in [0.4, 0.5) is 0 Å². The van der Waals surface area contributed by atoms with Gasteiger partial charge in [0.15, 0.2) is 4.80 Å². The number of hydrogen-bond acceptors (Lipinski definition) is 9. The molecule has 1 aliphatic heterocycles. The lowest BCUT2D eigenvalue weighted by molar-refractivity contribution is -0.255. The first-order valence-electron chi connectivity index (χ1n) is 12.1. The van der Waals surface area contributed by atoms with Crippen LogP contribution < -0.4 is 24.7 Å². The number of nitrogens with zero attached hydrogens (tertiary/aromatic N) is 2. The molecule has 0 fully saturated rings. The van der Waals surface area contributed by atoms with Crippen LogP contribution in [-0.2, 0) is 9.53 Å². The molecule has 0 amide bonds. The first-order chi connectivity index (χ1) is 18.8. The number of fused-ring (bicyclic) bond motifs is 1. The monoisotopic (exact) mass is 543 g/mol. The average molecular weight is 544 g/mol. The standard InChI is InChI=1S/C29H24N2O7S/c1-4-37-28(35)24-16(2)30-29-31(25(24)17-8-10-20(36-3)11-9-17)26(32)23(39-29)15-21-12-13-22(38-21)18-6-5-7-19(14-18)27(33)34/h5-15,25H,4H2,1-3H3,(H,33,34)/p-1/b23-15-/t25-/m1/s1. The minimum absolute atomic E-state index is 0.0325. The SMILES string of the molecule is CCOC(=O)C1=C(C)N=c2s/c(=C\c3ccc(-c4cccc(C(=O)[O-])c4)o3)c(=O)n2[C@@H]1c1ccc(OC)cc1. The van der Waals surface area contributed by atoms with Crippen LogP contribution in [0, 0.1) is 0 Å². The summed E-state index contributed by atoms with van der Waals surface area (Å²) >= 11 is 1.18. The predicted octanol–water partition coefficient (Wildman–Crippen LogP) is 2.43.